The van der Waals surface area contributed by atoms with Gasteiger partial charge in [0.2, 0.25) is 0 Å². The molecule has 0 radical (unpaired) electrons. The highest BCUT2D eigenvalue weighted by molar-refractivity contribution is 5.62. The highest BCUT2D eigenvalue weighted by Crippen LogP contribution is 2.29. The van der Waals surface area contributed by atoms with Crippen LogP contribution in [-0.4, -0.2) is 4.98 Å². The third kappa shape index (κ3) is 3.11. The fourth-order valence-corrected chi connectivity index (χ4v) is 2.45. The van der Waals surface area contributed by atoms with E-state index in [1.807, 2.05) is 6.07 Å². The van der Waals surface area contributed by atoms with Gasteiger partial charge in [-0.15, -0.1) is 0 Å². The first kappa shape index (κ1) is 14.6. The van der Waals surface area contributed by atoms with Crippen LogP contribution >= 0.6 is 0 Å². The third-order valence-corrected chi connectivity index (χ3v) is 3.74. The minimum atomic E-state index is 0.286. The zero-order valence-corrected chi connectivity index (χ0v) is 13.3. The van der Waals surface area contributed by atoms with Gasteiger partial charge in [0, 0.05) is 17.9 Å². The van der Waals surface area contributed by atoms with Crippen LogP contribution in [0.1, 0.15) is 42.5 Å². The van der Waals surface area contributed by atoms with Crippen molar-refractivity contribution in [3.05, 3.63) is 77.4 Å². The van der Waals surface area contributed by atoms with Crippen molar-refractivity contribution in [2.24, 2.45) is 0 Å². The van der Waals surface area contributed by atoms with Crippen molar-refractivity contribution < 1.29 is 4.42 Å². The Balaban J connectivity index is 2.02. The Hall–Kier alpha value is -2.35. The van der Waals surface area contributed by atoms with Gasteiger partial charge in [0.05, 0.1) is 0 Å². The van der Waals surface area contributed by atoms with Gasteiger partial charge in [-0.2, -0.15) is 0 Å². The Morgan fingerprint density at radius 3 is 2.27 bits per heavy atom. The molecule has 1 heterocycles. The smallest absolute Gasteiger partial charge is 0.197 e. The monoisotopic (exact) mass is 291 g/mol. The van der Waals surface area contributed by atoms with Crippen LogP contribution in [0.15, 0.2) is 59.0 Å². The standard InChI is InChI=1S/C20H21NO/c1-14(2)20-21-19(17-11-9-15(3)10-12-17)18(22-20)13-16-7-5-4-6-8-16/h4-12,14H,13H2,1-3H3. The lowest BCUT2D eigenvalue weighted by atomic mass is 10.0. The number of oxazole rings is 1. The highest BCUT2D eigenvalue weighted by Gasteiger charge is 2.17. The molecule has 3 aromatic rings. The van der Waals surface area contributed by atoms with Crippen LogP contribution in [0.5, 0.6) is 0 Å². The molecule has 0 aliphatic rings. The summed E-state index contributed by atoms with van der Waals surface area (Å²) in [6.07, 6.45) is 0.768. The minimum absolute atomic E-state index is 0.286. The number of hydrogen-bond donors (Lipinski definition) is 0. The number of rotatable bonds is 4. The molecular weight excluding hydrogens is 270 g/mol. The maximum Gasteiger partial charge on any atom is 0.197 e. The molecule has 1 aromatic heterocycles. The average Bonchev–Trinajstić information content (AvgIpc) is 2.93. The van der Waals surface area contributed by atoms with E-state index in [2.05, 4.69) is 69.3 Å². The predicted octanol–water partition coefficient (Wildman–Crippen LogP) is 5.36. The Morgan fingerprint density at radius 2 is 1.64 bits per heavy atom. The topological polar surface area (TPSA) is 26.0 Å². The van der Waals surface area contributed by atoms with E-state index < -0.39 is 0 Å². The Kier molecular flexibility index (Phi) is 4.10. The molecule has 0 aliphatic carbocycles. The second kappa shape index (κ2) is 6.18. The van der Waals surface area contributed by atoms with Crippen molar-refractivity contribution in [3.63, 3.8) is 0 Å². The van der Waals surface area contributed by atoms with Gasteiger partial charge in [-0.1, -0.05) is 74.0 Å². The number of hydrogen-bond acceptors (Lipinski definition) is 2. The molecule has 0 aliphatic heterocycles. The van der Waals surface area contributed by atoms with Crippen LogP contribution in [-0.2, 0) is 6.42 Å². The molecule has 0 atom stereocenters. The molecule has 3 rings (SSSR count). The second-order valence-electron chi connectivity index (χ2n) is 6.01. The van der Waals surface area contributed by atoms with Crippen LogP contribution in [0.4, 0.5) is 0 Å². The van der Waals surface area contributed by atoms with E-state index in [1.165, 1.54) is 11.1 Å². The molecule has 2 heteroatoms. The average molecular weight is 291 g/mol. The summed E-state index contributed by atoms with van der Waals surface area (Å²) in [6, 6.07) is 18.9. The van der Waals surface area contributed by atoms with E-state index in [1.54, 1.807) is 0 Å². The van der Waals surface area contributed by atoms with Crippen LogP contribution < -0.4 is 0 Å². The summed E-state index contributed by atoms with van der Waals surface area (Å²) in [5, 5.41) is 0. The Labute approximate surface area is 131 Å². The van der Waals surface area contributed by atoms with Gasteiger partial charge in [0.25, 0.3) is 0 Å². The lowest BCUT2D eigenvalue weighted by Crippen LogP contribution is -1.89. The lowest BCUT2D eigenvalue weighted by Gasteiger charge is -2.02. The number of aromatic nitrogens is 1. The molecule has 0 bridgehead atoms. The van der Waals surface area contributed by atoms with E-state index in [4.69, 9.17) is 9.40 Å². The fourth-order valence-electron chi connectivity index (χ4n) is 2.45. The molecule has 0 fully saturated rings. The first-order valence-corrected chi connectivity index (χ1v) is 7.74. The second-order valence-corrected chi connectivity index (χ2v) is 6.01. The maximum absolute atomic E-state index is 6.05. The molecule has 2 nitrogen and oxygen atoms in total. The van der Waals surface area contributed by atoms with E-state index in [0.29, 0.717) is 0 Å². The van der Waals surface area contributed by atoms with Crippen molar-refractivity contribution in [3.8, 4) is 11.3 Å². The van der Waals surface area contributed by atoms with Crippen LogP contribution in [0.2, 0.25) is 0 Å². The van der Waals surface area contributed by atoms with E-state index in [-0.39, 0.29) is 5.92 Å². The normalized spacial score (nSPS) is 11.1. The number of aryl methyl sites for hydroxylation is 1. The van der Waals surface area contributed by atoms with Gasteiger partial charge in [-0.25, -0.2) is 4.98 Å². The summed E-state index contributed by atoms with van der Waals surface area (Å²) in [6.45, 7) is 6.31. The summed E-state index contributed by atoms with van der Waals surface area (Å²) >= 11 is 0. The summed E-state index contributed by atoms with van der Waals surface area (Å²) in [5.74, 6) is 2.04. The SMILES string of the molecule is Cc1ccc(-c2nc(C(C)C)oc2Cc2ccccc2)cc1. The van der Waals surface area contributed by atoms with Gasteiger partial charge < -0.3 is 4.42 Å². The van der Waals surface area contributed by atoms with Crippen molar-refractivity contribution in [2.75, 3.05) is 0 Å². The fraction of sp³-hybridized carbons (Fsp3) is 0.250. The Morgan fingerprint density at radius 1 is 0.955 bits per heavy atom. The predicted molar refractivity (Wildman–Crippen MR) is 90.0 cm³/mol. The molecule has 0 unspecified atom stereocenters. The van der Waals surface area contributed by atoms with Crippen molar-refractivity contribution in [1.82, 2.24) is 4.98 Å². The van der Waals surface area contributed by atoms with E-state index in [9.17, 15) is 0 Å². The first-order valence-electron chi connectivity index (χ1n) is 7.74. The van der Waals surface area contributed by atoms with Gasteiger partial charge in [-0.3, -0.25) is 0 Å². The molecule has 0 saturated carbocycles. The third-order valence-electron chi connectivity index (χ3n) is 3.74. The lowest BCUT2D eigenvalue weighted by molar-refractivity contribution is 0.442. The highest BCUT2D eigenvalue weighted by atomic mass is 16.4. The number of nitrogens with zero attached hydrogens (tertiary/aromatic N) is 1. The summed E-state index contributed by atoms with van der Waals surface area (Å²) in [4.78, 5) is 4.74. The van der Waals surface area contributed by atoms with E-state index >= 15 is 0 Å². The first-order chi connectivity index (χ1) is 10.6. The van der Waals surface area contributed by atoms with Crippen molar-refractivity contribution in [2.45, 2.75) is 33.1 Å². The molecule has 2 aromatic carbocycles. The zero-order valence-electron chi connectivity index (χ0n) is 13.3. The van der Waals surface area contributed by atoms with Gasteiger partial charge >= 0.3 is 0 Å². The van der Waals surface area contributed by atoms with Gasteiger partial charge in [0.1, 0.15) is 11.5 Å². The largest absolute Gasteiger partial charge is 0.444 e. The quantitative estimate of drug-likeness (QED) is 0.646. The van der Waals surface area contributed by atoms with Gasteiger partial charge in [-0.05, 0) is 12.5 Å². The van der Waals surface area contributed by atoms with Crippen molar-refractivity contribution in [1.29, 1.82) is 0 Å². The maximum atomic E-state index is 6.05. The molecule has 112 valence electrons. The van der Waals surface area contributed by atoms with Gasteiger partial charge in [0.15, 0.2) is 5.89 Å². The van der Waals surface area contributed by atoms with Crippen LogP contribution in [0.3, 0.4) is 0 Å². The van der Waals surface area contributed by atoms with Crippen LogP contribution in [0, 0.1) is 6.92 Å². The minimum Gasteiger partial charge on any atom is -0.444 e. The zero-order chi connectivity index (χ0) is 15.5. The van der Waals surface area contributed by atoms with Crippen LogP contribution in [0.25, 0.3) is 11.3 Å². The Bertz CT molecular complexity index is 739. The molecule has 0 spiro atoms. The summed E-state index contributed by atoms with van der Waals surface area (Å²) in [5.41, 5.74) is 4.57. The molecule has 22 heavy (non-hydrogen) atoms. The number of benzene rings is 2. The summed E-state index contributed by atoms with van der Waals surface area (Å²) < 4.78 is 6.05. The molecule has 0 amide bonds. The van der Waals surface area contributed by atoms with E-state index in [0.717, 1.165) is 29.3 Å². The molecular formula is C20H21NO. The summed E-state index contributed by atoms with van der Waals surface area (Å²) in [7, 11) is 0. The van der Waals surface area contributed by atoms with Crippen molar-refractivity contribution >= 4 is 0 Å². The molecule has 0 saturated heterocycles. The molecule has 0 N–H and O–H groups in total.